The normalized spacial score (nSPS) is 18.4. The number of ether oxygens (including phenoxy) is 1. The summed E-state index contributed by atoms with van der Waals surface area (Å²) < 4.78 is 14.5. The molecule has 0 aromatic rings. The third kappa shape index (κ3) is 2.53. The van der Waals surface area contributed by atoms with E-state index in [9.17, 15) is 0 Å². The molecule has 0 saturated heterocycles. The first-order valence-electron chi connectivity index (χ1n) is 3.91. The lowest BCUT2D eigenvalue weighted by Gasteiger charge is -2.34. The summed E-state index contributed by atoms with van der Waals surface area (Å²) in [4.78, 5) is 0. The molecule has 0 heterocycles. The summed E-state index contributed by atoms with van der Waals surface area (Å²) in [7, 11) is 3.74. The molecule has 0 aliphatic heterocycles. The van der Waals surface area contributed by atoms with Gasteiger partial charge in [-0.25, -0.2) is 0 Å². The quantitative estimate of drug-likeness (QED) is 0.586. The smallest absolute Gasteiger partial charge is 0.0777 e. The second kappa shape index (κ2) is 3.66. The van der Waals surface area contributed by atoms with Gasteiger partial charge in [-0.2, -0.15) is 0 Å². The van der Waals surface area contributed by atoms with Crippen LogP contribution in [0.4, 0.5) is 0 Å². The highest BCUT2D eigenvalue weighted by Gasteiger charge is 2.26. The summed E-state index contributed by atoms with van der Waals surface area (Å²) in [5, 5.41) is 0. The zero-order chi connectivity index (χ0) is 9.07. The van der Waals surface area contributed by atoms with Crippen LogP contribution in [0.5, 0.6) is 0 Å². The average molecular weight is 165 g/mol. The molecule has 0 fully saturated rings. The number of hydrogen-bond acceptors (Lipinski definition) is 2. The Morgan fingerprint density at radius 2 is 2.20 bits per heavy atom. The van der Waals surface area contributed by atoms with Gasteiger partial charge < -0.3 is 4.74 Å². The van der Waals surface area contributed by atoms with Gasteiger partial charge in [0.2, 0.25) is 0 Å². The molecule has 0 rings (SSSR count). The van der Waals surface area contributed by atoms with Crippen LogP contribution >= 0.6 is 9.34 Å². The molecule has 10 heavy (non-hydrogen) atoms. The maximum Gasteiger partial charge on any atom is 0.0777 e. The largest absolute Gasteiger partial charge is 0.377 e. The van der Waals surface area contributed by atoms with E-state index in [4.69, 9.17) is 6.02 Å². The predicted molar refractivity (Wildman–Crippen MR) is 48.0 cm³/mol. The lowest BCUT2D eigenvalue weighted by molar-refractivity contribution is -0.0198. The topological polar surface area (TPSA) is 12.5 Å². The molecule has 2 nitrogen and oxygen atoms in total. The Balaban J connectivity index is 4.10. The first-order chi connectivity index (χ1) is 4.95. The molecule has 0 N–H and O–H groups in total. The fraction of sp³-hybridized carbons (Fsp3) is 1.00. The van der Waals surface area contributed by atoms with Crippen molar-refractivity contribution in [1.82, 2.24) is 4.67 Å². The van der Waals surface area contributed by atoms with E-state index >= 15 is 0 Å². The van der Waals surface area contributed by atoms with Crippen LogP contribution in [0.25, 0.3) is 0 Å². The monoisotopic (exact) mass is 165 g/mol. The van der Waals surface area contributed by atoms with Crippen LogP contribution in [0, 0.1) is 0 Å². The van der Waals surface area contributed by atoms with Crippen molar-refractivity contribution in [2.24, 2.45) is 0 Å². The molecule has 0 aliphatic carbocycles. The van der Waals surface area contributed by atoms with Crippen molar-refractivity contribution in [3.63, 3.8) is 0 Å². The Morgan fingerprint density at radius 3 is 2.50 bits per heavy atom. The summed E-state index contributed by atoms with van der Waals surface area (Å²) in [6.07, 6.45) is 0. The molecular formula is C7H18NOP. The van der Waals surface area contributed by atoms with E-state index in [1.54, 1.807) is 7.11 Å². The van der Waals surface area contributed by atoms with Gasteiger partial charge in [0.15, 0.2) is 0 Å². The summed E-state index contributed by atoms with van der Waals surface area (Å²) in [5.74, 6) is 0. The zero-order valence-corrected chi connectivity index (χ0v) is 8.43. The molecule has 0 aliphatic rings. The van der Waals surface area contributed by atoms with Crippen LogP contribution in [0.1, 0.15) is 20.8 Å². The lowest BCUT2D eigenvalue weighted by atomic mass is 10.0. The maximum absolute atomic E-state index is 7.19. The molecule has 0 saturated carbocycles. The van der Waals surface area contributed by atoms with Gasteiger partial charge in [0.05, 0.1) is 6.88 Å². The molecule has 2 unspecified atom stereocenters. The Labute approximate surface area is 67.5 Å². The van der Waals surface area contributed by atoms with E-state index in [-0.39, 0.29) is 21.0 Å². The highest BCUT2D eigenvalue weighted by Crippen LogP contribution is 2.19. The molecule has 0 amide bonds. The van der Waals surface area contributed by atoms with Gasteiger partial charge in [-0.1, -0.05) is 9.34 Å². The molecule has 0 radical (unpaired) electrons. The van der Waals surface area contributed by atoms with Crippen molar-refractivity contribution in [2.45, 2.75) is 32.4 Å². The third-order valence-electron chi connectivity index (χ3n) is 2.11. The molecule has 0 spiro atoms. The van der Waals surface area contributed by atoms with Crippen LogP contribution in [0.2, 0.25) is 0 Å². The van der Waals surface area contributed by atoms with Gasteiger partial charge in [0.25, 0.3) is 0 Å². The third-order valence-corrected chi connectivity index (χ3v) is 2.50. The van der Waals surface area contributed by atoms with Crippen LogP contribution in [0.3, 0.4) is 0 Å². The van der Waals surface area contributed by atoms with Crippen molar-refractivity contribution in [2.75, 3.05) is 14.2 Å². The SMILES string of the molecule is [3H]PN(C)C(C)C(C)(C)OC. The minimum absolute atomic E-state index is 0.0918. The molecule has 0 aromatic carbocycles. The van der Waals surface area contributed by atoms with Crippen LogP contribution < -0.4 is 0 Å². The van der Waals surface area contributed by atoms with Crippen LogP contribution in [-0.4, -0.2) is 31.7 Å². The van der Waals surface area contributed by atoms with E-state index in [2.05, 4.69) is 6.92 Å². The highest BCUT2D eigenvalue weighted by atomic mass is 31.0. The molecule has 0 bridgehead atoms. The fourth-order valence-corrected chi connectivity index (χ4v) is 0.948. The first kappa shape index (κ1) is 8.45. The summed E-state index contributed by atoms with van der Waals surface area (Å²) in [6, 6.07) is 0.281. The van der Waals surface area contributed by atoms with E-state index in [1.165, 1.54) is 0 Å². The van der Waals surface area contributed by atoms with E-state index < -0.39 is 0 Å². The average Bonchev–Trinajstić information content (AvgIpc) is 2.01. The Morgan fingerprint density at radius 1 is 1.70 bits per heavy atom. The second-order valence-electron chi connectivity index (χ2n) is 3.09. The standard InChI is InChI=1S/C7H18NOP/c1-6(8(4)10)7(2,3)9-5/h6H,10H2,1-5H3/i10T. The predicted octanol–water partition coefficient (Wildman–Crippen LogP) is 1.52. The van der Waals surface area contributed by atoms with Gasteiger partial charge in [-0.15, -0.1) is 0 Å². The second-order valence-corrected chi connectivity index (χ2v) is 3.80. The zero-order valence-electron chi connectivity index (χ0n) is 8.43. The Hall–Kier alpha value is 0.350. The van der Waals surface area contributed by atoms with Crippen molar-refractivity contribution >= 4 is 9.34 Å². The molecule has 3 heteroatoms. The molecule has 0 aromatic heterocycles. The highest BCUT2D eigenvalue weighted by molar-refractivity contribution is 7.13. The van der Waals surface area contributed by atoms with Gasteiger partial charge >= 0.3 is 0 Å². The minimum atomic E-state index is -0.164. The van der Waals surface area contributed by atoms with E-state index in [0.717, 1.165) is 0 Å². The van der Waals surface area contributed by atoms with Crippen molar-refractivity contribution < 1.29 is 4.74 Å². The molecular weight excluding hydrogens is 145 g/mol. The van der Waals surface area contributed by atoms with Gasteiger partial charge in [-0.3, -0.25) is 4.67 Å². The Bertz CT molecular complexity index is 121. The summed E-state index contributed by atoms with van der Waals surface area (Å²) in [5.41, 5.74) is -0.164. The minimum Gasteiger partial charge on any atom is -0.377 e. The van der Waals surface area contributed by atoms with Crippen molar-refractivity contribution in [1.29, 1.82) is 1.28 Å². The van der Waals surface area contributed by atoms with Gasteiger partial charge in [0, 0.05) is 13.2 Å². The number of nitrogens with zero attached hydrogens (tertiary/aromatic N) is 1. The number of rotatable bonds is 4. The van der Waals surface area contributed by atoms with Crippen LogP contribution in [0.15, 0.2) is 0 Å². The number of methoxy groups -OCH3 is 1. The van der Waals surface area contributed by atoms with E-state index in [0.29, 0.717) is 0 Å². The summed E-state index contributed by atoms with van der Waals surface area (Å²) >= 11 is 0. The fourth-order valence-electron chi connectivity index (χ4n) is 0.637. The first-order valence-corrected chi connectivity index (χ1v) is 3.85. The molecule has 62 valence electrons. The van der Waals surface area contributed by atoms with Gasteiger partial charge in [-0.05, 0) is 27.8 Å². The van der Waals surface area contributed by atoms with Crippen molar-refractivity contribution in [3.8, 4) is 0 Å². The molecule has 2 atom stereocenters. The summed E-state index contributed by atoms with van der Waals surface area (Å²) in [6.45, 7) is 6.15. The maximum atomic E-state index is 7.19. The Kier molecular flexibility index (Phi) is 3.09. The number of hydrogen-bond donors (Lipinski definition) is 0. The van der Waals surface area contributed by atoms with Crippen molar-refractivity contribution in [3.05, 3.63) is 0 Å². The number of likely N-dealkylation sites (N-methyl/N-ethyl adjacent to an activating group) is 1. The van der Waals surface area contributed by atoms with E-state index in [1.807, 2.05) is 25.6 Å². The van der Waals surface area contributed by atoms with Crippen LogP contribution in [-0.2, 0) is 4.74 Å². The lowest BCUT2D eigenvalue weighted by Crippen LogP contribution is -2.42. The van der Waals surface area contributed by atoms with Gasteiger partial charge in [0.1, 0.15) is 0 Å².